The van der Waals surface area contributed by atoms with Crippen molar-refractivity contribution >= 4 is 61.2 Å². The van der Waals surface area contributed by atoms with Crippen LogP contribution < -0.4 is 5.32 Å². The van der Waals surface area contributed by atoms with Crippen LogP contribution in [0.5, 0.6) is 0 Å². The molecule has 0 saturated carbocycles. The zero-order valence-corrected chi connectivity index (χ0v) is 14.7. The zero-order valence-electron chi connectivity index (χ0n) is 9.37. The van der Waals surface area contributed by atoms with Gasteiger partial charge in [0.1, 0.15) is 0 Å². The van der Waals surface area contributed by atoms with E-state index in [1.54, 1.807) is 0 Å². The van der Waals surface area contributed by atoms with E-state index < -0.39 is 0 Å². The summed E-state index contributed by atoms with van der Waals surface area (Å²) in [6.07, 6.45) is 1.05. The van der Waals surface area contributed by atoms with Crippen LogP contribution in [0, 0.1) is 2.88 Å². The first-order valence-electron chi connectivity index (χ1n) is 5.40. The molecule has 1 atom stereocenters. The van der Waals surface area contributed by atoms with E-state index in [-0.39, 0.29) is 0 Å². The topological polar surface area (TPSA) is 12.0 Å². The number of rotatable bonds is 5. The first-order chi connectivity index (χ1) is 8.20. The Kier molecular flexibility index (Phi) is 5.48. The van der Waals surface area contributed by atoms with Crippen molar-refractivity contribution in [2.45, 2.75) is 19.4 Å². The van der Waals surface area contributed by atoms with Gasteiger partial charge >= 0.3 is 0 Å². The highest BCUT2D eigenvalue weighted by Gasteiger charge is 2.15. The summed E-state index contributed by atoms with van der Waals surface area (Å²) < 4.78 is 2.58. The molecule has 1 unspecified atom stereocenters. The molecule has 2 aromatic rings. The average molecular weight is 442 g/mol. The van der Waals surface area contributed by atoms with E-state index in [1.807, 2.05) is 22.7 Å². The molecular weight excluding hydrogens is 429 g/mol. The molecule has 17 heavy (non-hydrogen) atoms. The Balaban J connectivity index is 2.15. The number of likely N-dealkylation sites (N-methyl/N-ethyl adjacent to an activating group) is 1. The Morgan fingerprint density at radius 3 is 2.82 bits per heavy atom. The van der Waals surface area contributed by atoms with Gasteiger partial charge in [-0.1, -0.05) is 6.92 Å². The van der Waals surface area contributed by atoms with E-state index in [2.05, 4.69) is 73.7 Å². The highest BCUT2D eigenvalue weighted by molar-refractivity contribution is 14.1. The van der Waals surface area contributed by atoms with Gasteiger partial charge in [-0.3, -0.25) is 0 Å². The molecule has 2 aromatic heterocycles. The summed E-state index contributed by atoms with van der Waals surface area (Å²) in [6.45, 7) is 3.16. The number of hydrogen-bond acceptors (Lipinski definition) is 3. The van der Waals surface area contributed by atoms with Crippen LogP contribution in [0.25, 0.3) is 0 Å². The highest BCUT2D eigenvalue weighted by Crippen LogP contribution is 2.30. The minimum atomic E-state index is 0.426. The molecule has 92 valence electrons. The van der Waals surface area contributed by atoms with Gasteiger partial charge in [-0.15, -0.1) is 22.7 Å². The first kappa shape index (κ1) is 14.0. The Bertz CT molecular complexity index is 480. The maximum absolute atomic E-state index is 3.61. The van der Waals surface area contributed by atoms with Gasteiger partial charge < -0.3 is 5.32 Å². The molecule has 1 N–H and O–H groups in total. The maximum atomic E-state index is 3.61. The summed E-state index contributed by atoms with van der Waals surface area (Å²) in [4.78, 5) is 1.41. The van der Waals surface area contributed by atoms with Gasteiger partial charge in [0.25, 0.3) is 0 Å². The molecular formula is C12H13BrINS2. The van der Waals surface area contributed by atoms with E-state index in [0.29, 0.717) is 6.04 Å². The predicted octanol–water partition coefficient (Wildman–Crippen LogP) is 5.07. The molecule has 2 rings (SSSR count). The summed E-state index contributed by atoms with van der Waals surface area (Å²) in [6, 6.07) is 4.83. The molecule has 0 aliphatic carbocycles. The second kappa shape index (κ2) is 6.65. The minimum absolute atomic E-state index is 0.426. The van der Waals surface area contributed by atoms with Crippen molar-refractivity contribution in [3.05, 3.63) is 40.7 Å². The van der Waals surface area contributed by atoms with Crippen molar-refractivity contribution in [1.82, 2.24) is 5.32 Å². The SMILES string of the molecule is CCNC(Cc1sccc1Br)c1csc(I)c1. The third-order valence-corrected chi connectivity index (χ3v) is 6.28. The predicted molar refractivity (Wildman–Crippen MR) is 89.2 cm³/mol. The fourth-order valence-corrected chi connectivity index (χ4v) is 4.70. The normalized spacial score (nSPS) is 12.9. The van der Waals surface area contributed by atoms with Gasteiger partial charge in [-0.25, -0.2) is 0 Å². The van der Waals surface area contributed by atoms with Crippen LogP contribution in [0.1, 0.15) is 23.4 Å². The lowest BCUT2D eigenvalue weighted by molar-refractivity contribution is 0.554. The fourth-order valence-electron chi connectivity index (χ4n) is 1.72. The molecule has 5 heteroatoms. The Morgan fingerprint density at radius 1 is 1.47 bits per heavy atom. The molecule has 0 aliphatic heterocycles. The van der Waals surface area contributed by atoms with Crippen LogP contribution in [-0.2, 0) is 6.42 Å². The van der Waals surface area contributed by atoms with E-state index >= 15 is 0 Å². The molecule has 2 heterocycles. The maximum Gasteiger partial charge on any atom is 0.0656 e. The van der Waals surface area contributed by atoms with Gasteiger partial charge in [-0.2, -0.15) is 0 Å². The standard InChI is InChI=1S/C12H13BrINS2/c1-2-15-10(8-5-12(14)17-7-8)6-11-9(13)3-4-16-11/h3-5,7,10,15H,2,6H2,1H3. The minimum Gasteiger partial charge on any atom is -0.310 e. The van der Waals surface area contributed by atoms with Crippen molar-refractivity contribution < 1.29 is 0 Å². The average Bonchev–Trinajstić information content (AvgIpc) is 2.88. The molecule has 0 fully saturated rings. The summed E-state index contributed by atoms with van der Waals surface area (Å²) >= 11 is 9.62. The summed E-state index contributed by atoms with van der Waals surface area (Å²) in [5.74, 6) is 0. The van der Waals surface area contributed by atoms with Crippen LogP contribution in [0.4, 0.5) is 0 Å². The van der Waals surface area contributed by atoms with E-state index in [9.17, 15) is 0 Å². The molecule has 1 nitrogen and oxygen atoms in total. The highest BCUT2D eigenvalue weighted by atomic mass is 127. The number of halogens is 2. The number of hydrogen-bond donors (Lipinski definition) is 1. The van der Waals surface area contributed by atoms with Crippen molar-refractivity contribution in [2.75, 3.05) is 6.54 Å². The van der Waals surface area contributed by atoms with Gasteiger partial charge in [0.05, 0.1) is 2.88 Å². The second-order valence-corrected chi connectivity index (χ2v) is 8.35. The molecule has 0 amide bonds. The van der Waals surface area contributed by atoms with Gasteiger partial charge in [0, 0.05) is 21.8 Å². The van der Waals surface area contributed by atoms with Crippen molar-refractivity contribution in [1.29, 1.82) is 0 Å². The van der Waals surface area contributed by atoms with Crippen LogP contribution in [0.15, 0.2) is 27.4 Å². The van der Waals surface area contributed by atoms with Gasteiger partial charge in [0.2, 0.25) is 0 Å². The zero-order chi connectivity index (χ0) is 12.3. The lowest BCUT2D eigenvalue weighted by Crippen LogP contribution is -2.22. The summed E-state index contributed by atoms with van der Waals surface area (Å²) in [7, 11) is 0. The van der Waals surface area contributed by atoms with Crippen LogP contribution >= 0.6 is 61.2 Å². The van der Waals surface area contributed by atoms with Crippen molar-refractivity contribution in [2.24, 2.45) is 0 Å². The van der Waals surface area contributed by atoms with Gasteiger partial charge in [0.15, 0.2) is 0 Å². The summed E-state index contributed by atoms with van der Waals surface area (Å²) in [5.41, 5.74) is 1.40. The third kappa shape index (κ3) is 3.76. The molecule has 0 bridgehead atoms. The van der Waals surface area contributed by atoms with Crippen molar-refractivity contribution in [3.63, 3.8) is 0 Å². The van der Waals surface area contributed by atoms with Gasteiger partial charge in [-0.05, 0) is 73.5 Å². The first-order valence-corrected chi connectivity index (χ1v) is 9.03. The Morgan fingerprint density at radius 2 is 2.29 bits per heavy atom. The molecule has 0 radical (unpaired) electrons. The largest absolute Gasteiger partial charge is 0.310 e. The molecule has 0 spiro atoms. The van der Waals surface area contributed by atoms with Crippen LogP contribution in [-0.4, -0.2) is 6.54 Å². The number of nitrogens with one attached hydrogen (secondary N) is 1. The third-order valence-electron chi connectivity index (χ3n) is 2.52. The summed E-state index contributed by atoms with van der Waals surface area (Å²) in [5, 5.41) is 7.97. The number of thiophene rings is 2. The molecule has 0 saturated heterocycles. The van der Waals surface area contributed by atoms with Crippen LogP contribution in [0.3, 0.4) is 0 Å². The Hall–Kier alpha value is 0.570. The fraction of sp³-hybridized carbons (Fsp3) is 0.333. The van der Waals surface area contributed by atoms with E-state index in [1.165, 1.54) is 17.8 Å². The Labute approximate surface area is 132 Å². The molecule has 0 aliphatic rings. The lowest BCUT2D eigenvalue weighted by atomic mass is 10.1. The quantitative estimate of drug-likeness (QED) is 0.638. The van der Waals surface area contributed by atoms with E-state index in [0.717, 1.165) is 13.0 Å². The van der Waals surface area contributed by atoms with E-state index in [4.69, 9.17) is 0 Å². The monoisotopic (exact) mass is 441 g/mol. The molecule has 0 aromatic carbocycles. The van der Waals surface area contributed by atoms with Crippen LogP contribution in [0.2, 0.25) is 0 Å². The second-order valence-electron chi connectivity index (χ2n) is 3.69. The lowest BCUT2D eigenvalue weighted by Gasteiger charge is -2.16. The smallest absolute Gasteiger partial charge is 0.0656 e. The van der Waals surface area contributed by atoms with Crippen molar-refractivity contribution in [3.8, 4) is 0 Å².